The quantitative estimate of drug-likeness (QED) is 0.560. The third-order valence-corrected chi connectivity index (χ3v) is 7.42. The third-order valence-electron chi connectivity index (χ3n) is 4.96. The summed E-state index contributed by atoms with van der Waals surface area (Å²) in [4.78, 5) is 42.4. The predicted octanol–water partition coefficient (Wildman–Crippen LogP) is 4.40. The average molecular weight is 433 g/mol. The number of para-hydroxylation sites is 1. The second-order valence-electron chi connectivity index (χ2n) is 6.81. The summed E-state index contributed by atoms with van der Waals surface area (Å²) in [6.45, 7) is 9.67. The van der Waals surface area contributed by atoms with E-state index in [1.54, 1.807) is 18.7 Å². The second kappa shape index (κ2) is 8.20. The smallest absolute Gasteiger partial charge is 0.341 e. The van der Waals surface area contributed by atoms with Crippen molar-refractivity contribution in [3.63, 3.8) is 0 Å². The predicted molar refractivity (Wildman–Crippen MR) is 117 cm³/mol. The molecule has 2 amide bonds. The number of hydrogen-bond donors (Lipinski definition) is 1. The molecule has 2 aromatic rings. The van der Waals surface area contributed by atoms with Crippen molar-refractivity contribution in [1.29, 1.82) is 0 Å². The number of esters is 1. The van der Waals surface area contributed by atoms with Gasteiger partial charge in [0.15, 0.2) is 4.75 Å². The number of hydrogen-bond acceptors (Lipinski definition) is 6. The molecule has 1 aromatic heterocycles. The summed E-state index contributed by atoms with van der Waals surface area (Å²) in [5.74, 6) is -1.20. The van der Waals surface area contributed by atoms with E-state index in [0.29, 0.717) is 17.1 Å². The maximum atomic E-state index is 13.3. The van der Waals surface area contributed by atoms with Gasteiger partial charge in [-0.15, -0.1) is 11.3 Å². The number of thioether (sulfide) groups is 1. The summed E-state index contributed by atoms with van der Waals surface area (Å²) < 4.78 is 3.81. The van der Waals surface area contributed by atoms with Crippen LogP contribution in [0.3, 0.4) is 0 Å². The molecule has 0 bridgehead atoms. The number of benzene rings is 1. The number of aryl methyl sites for hydroxylation is 1. The molecule has 1 unspecified atom stereocenters. The van der Waals surface area contributed by atoms with E-state index in [4.69, 9.17) is 4.74 Å². The van der Waals surface area contributed by atoms with Crippen LogP contribution in [-0.2, 0) is 14.3 Å². The van der Waals surface area contributed by atoms with Gasteiger partial charge >= 0.3 is 5.97 Å². The Morgan fingerprint density at radius 2 is 1.90 bits per heavy atom. The Kier molecular flexibility index (Phi) is 6.05. The maximum Gasteiger partial charge on any atom is 0.341 e. The molecule has 1 atom stereocenters. The van der Waals surface area contributed by atoms with E-state index in [0.717, 1.165) is 21.0 Å². The van der Waals surface area contributed by atoms with Crippen LogP contribution in [0.15, 0.2) is 29.2 Å². The molecule has 154 valence electrons. The number of amides is 2. The van der Waals surface area contributed by atoms with Gasteiger partial charge in [0.05, 0.1) is 17.9 Å². The Balaban J connectivity index is 1.97. The summed E-state index contributed by atoms with van der Waals surface area (Å²) >= 11 is 2.55. The van der Waals surface area contributed by atoms with Crippen LogP contribution in [0.25, 0.3) is 0 Å². The molecule has 0 spiro atoms. The molecule has 0 saturated carbocycles. The van der Waals surface area contributed by atoms with Crippen molar-refractivity contribution in [3.8, 4) is 0 Å². The average Bonchev–Trinajstić information content (AvgIpc) is 2.96. The van der Waals surface area contributed by atoms with Gasteiger partial charge in [0.25, 0.3) is 11.8 Å². The molecule has 0 aliphatic carbocycles. The summed E-state index contributed by atoms with van der Waals surface area (Å²) in [6, 6.07) is 7.55. The third kappa shape index (κ3) is 3.67. The molecule has 1 aliphatic heterocycles. The molecule has 3 rings (SSSR count). The standard InChI is InChI=1S/C21H24N2O4S2/c1-6-23-14-10-8-9-11-15(14)29-21(5,20(23)26)19(25)22-17-16(18(24)27-7-2)12(3)13(4)28-17/h8-11H,6-7H2,1-5H3,(H,22,25). The van der Waals surface area contributed by atoms with Crippen molar-refractivity contribution in [2.45, 2.75) is 44.3 Å². The summed E-state index contributed by atoms with van der Waals surface area (Å²) in [5, 5.41) is 3.25. The zero-order valence-corrected chi connectivity index (χ0v) is 18.8. The Bertz CT molecular complexity index is 985. The number of anilines is 2. The van der Waals surface area contributed by atoms with Crippen LogP contribution in [0.2, 0.25) is 0 Å². The van der Waals surface area contributed by atoms with E-state index in [1.807, 2.05) is 45.0 Å². The fourth-order valence-corrected chi connectivity index (χ4v) is 5.49. The van der Waals surface area contributed by atoms with Gasteiger partial charge in [0.1, 0.15) is 5.00 Å². The van der Waals surface area contributed by atoms with Crippen molar-refractivity contribution in [2.75, 3.05) is 23.4 Å². The number of ether oxygens (including phenoxy) is 1. The van der Waals surface area contributed by atoms with Crippen molar-refractivity contribution in [2.24, 2.45) is 0 Å². The van der Waals surface area contributed by atoms with Crippen LogP contribution >= 0.6 is 23.1 Å². The number of thiophene rings is 1. The highest BCUT2D eigenvalue weighted by atomic mass is 32.2. The van der Waals surface area contributed by atoms with Crippen molar-refractivity contribution in [1.82, 2.24) is 0 Å². The molecule has 8 heteroatoms. The lowest BCUT2D eigenvalue weighted by Gasteiger charge is -2.38. The zero-order valence-electron chi connectivity index (χ0n) is 17.1. The fourth-order valence-electron chi connectivity index (χ4n) is 3.24. The SMILES string of the molecule is CCOC(=O)c1c(NC(=O)C2(C)Sc3ccccc3N(CC)C2=O)sc(C)c1C. The van der Waals surface area contributed by atoms with Gasteiger partial charge in [0, 0.05) is 16.3 Å². The number of carbonyl (C=O) groups excluding carboxylic acids is 3. The minimum Gasteiger partial charge on any atom is -0.462 e. The Morgan fingerprint density at radius 1 is 1.21 bits per heavy atom. The number of rotatable bonds is 5. The topological polar surface area (TPSA) is 75.7 Å². The lowest BCUT2D eigenvalue weighted by molar-refractivity contribution is -0.128. The second-order valence-corrected chi connectivity index (χ2v) is 9.50. The highest BCUT2D eigenvalue weighted by molar-refractivity contribution is 8.02. The fraction of sp³-hybridized carbons (Fsp3) is 0.381. The number of fused-ring (bicyclic) bond motifs is 1. The van der Waals surface area contributed by atoms with Gasteiger partial charge in [-0.2, -0.15) is 0 Å². The van der Waals surface area contributed by atoms with Gasteiger partial charge in [-0.1, -0.05) is 23.9 Å². The first kappa shape index (κ1) is 21.4. The Labute approximate surface area is 178 Å². The van der Waals surface area contributed by atoms with Gasteiger partial charge < -0.3 is 15.0 Å². The van der Waals surface area contributed by atoms with Crippen LogP contribution < -0.4 is 10.2 Å². The lowest BCUT2D eigenvalue weighted by atomic mass is 10.1. The number of nitrogens with one attached hydrogen (secondary N) is 1. The molecule has 0 radical (unpaired) electrons. The molecule has 0 saturated heterocycles. The minimum atomic E-state index is -1.35. The van der Waals surface area contributed by atoms with Crippen LogP contribution in [0.1, 0.15) is 41.6 Å². The molecule has 1 N–H and O–H groups in total. The van der Waals surface area contributed by atoms with Crippen LogP contribution in [0.5, 0.6) is 0 Å². The summed E-state index contributed by atoms with van der Waals surface area (Å²) in [6.07, 6.45) is 0. The lowest BCUT2D eigenvalue weighted by Crippen LogP contribution is -2.54. The van der Waals surface area contributed by atoms with Crippen molar-refractivity contribution in [3.05, 3.63) is 40.3 Å². The van der Waals surface area contributed by atoms with E-state index >= 15 is 0 Å². The first-order chi connectivity index (χ1) is 13.7. The monoisotopic (exact) mass is 432 g/mol. The highest BCUT2D eigenvalue weighted by Crippen LogP contribution is 2.46. The molecular formula is C21H24N2O4S2. The highest BCUT2D eigenvalue weighted by Gasteiger charge is 2.49. The van der Waals surface area contributed by atoms with Crippen LogP contribution in [0, 0.1) is 13.8 Å². The number of nitrogens with zero attached hydrogens (tertiary/aromatic N) is 1. The van der Waals surface area contributed by atoms with E-state index in [-0.39, 0.29) is 12.5 Å². The van der Waals surface area contributed by atoms with E-state index in [1.165, 1.54) is 23.1 Å². The minimum absolute atomic E-state index is 0.245. The first-order valence-electron chi connectivity index (χ1n) is 9.43. The zero-order chi connectivity index (χ0) is 21.3. The number of carbonyl (C=O) groups is 3. The Morgan fingerprint density at radius 3 is 2.55 bits per heavy atom. The summed E-state index contributed by atoms with van der Waals surface area (Å²) in [5.41, 5.74) is 1.94. The molecule has 0 fully saturated rings. The summed E-state index contributed by atoms with van der Waals surface area (Å²) in [7, 11) is 0. The Hall–Kier alpha value is -2.32. The van der Waals surface area contributed by atoms with Crippen LogP contribution in [-0.4, -0.2) is 35.7 Å². The first-order valence-corrected chi connectivity index (χ1v) is 11.1. The molecule has 1 aromatic carbocycles. The van der Waals surface area contributed by atoms with Gasteiger partial charge in [-0.05, 0) is 52.3 Å². The van der Waals surface area contributed by atoms with Crippen molar-refractivity contribution < 1.29 is 19.1 Å². The van der Waals surface area contributed by atoms with Crippen LogP contribution in [0.4, 0.5) is 10.7 Å². The normalized spacial score (nSPS) is 18.4. The molecular weight excluding hydrogens is 408 g/mol. The largest absolute Gasteiger partial charge is 0.462 e. The van der Waals surface area contributed by atoms with E-state index < -0.39 is 16.6 Å². The molecule has 2 heterocycles. The molecule has 6 nitrogen and oxygen atoms in total. The molecule has 29 heavy (non-hydrogen) atoms. The molecule has 1 aliphatic rings. The maximum absolute atomic E-state index is 13.3. The van der Waals surface area contributed by atoms with Gasteiger partial charge in [0.2, 0.25) is 0 Å². The van der Waals surface area contributed by atoms with Gasteiger partial charge in [-0.3, -0.25) is 9.59 Å². The van der Waals surface area contributed by atoms with Crippen molar-refractivity contribution >= 4 is 51.6 Å². The van der Waals surface area contributed by atoms with E-state index in [2.05, 4.69) is 5.32 Å². The van der Waals surface area contributed by atoms with Gasteiger partial charge in [-0.25, -0.2) is 4.79 Å². The van der Waals surface area contributed by atoms with E-state index in [9.17, 15) is 14.4 Å².